The van der Waals surface area contributed by atoms with Gasteiger partial charge in [0.1, 0.15) is 0 Å². The second-order valence-corrected chi connectivity index (χ2v) is 5.02. The molecule has 2 aromatic heterocycles. The van der Waals surface area contributed by atoms with Crippen molar-refractivity contribution < 1.29 is 0 Å². The van der Waals surface area contributed by atoms with E-state index in [2.05, 4.69) is 49.9 Å². The first-order valence-corrected chi connectivity index (χ1v) is 6.69. The first-order chi connectivity index (χ1) is 8.20. The molecule has 0 N–H and O–H groups in total. The van der Waals surface area contributed by atoms with E-state index in [0.29, 0.717) is 5.82 Å². The molecule has 0 aromatic carbocycles. The number of tetrazole rings is 1. The SMILES string of the molecule is CCCCn1nnc(-c2cnc(C)c(I)c2)n1. The Morgan fingerprint density at radius 2 is 2.24 bits per heavy atom. The van der Waals surface area contributed by atoms with Crippen LogP contribution in [-0.4, -0.2) is 25.2 Å². The van der Waals surface area contributed by atoms with Crippen LogP contribution in [0.4, 0.5) is 0 Å². The fraction of sp³-hybridized carbons (Fsp3) is 0.455. The molecule has 2 heterocycles. The molecular formula is C11H14IN5. The largest absolute Gasteiger partial charge is 0.260 e. The summed E-state index contributed by atoms with van der Waals surface area (Å²) in [6.07, 6.45) is 3.99. The van der Waals surface area contributed by atoms with Crippen LogP contribution in [0.1, 0.15) is 25.5 Å². The minimum atomic E-state index is 0.645. The summed E-state index contributed by atoms with van der Waals surface area (Å²) in [4.78, 5) is 5.95. The number of aryl methyl sites for hydroxylation is 2. The average Bonchev–Trinajstić information content (AvgIpc) is 2.79. The van der Waals surface area contributed by atoms with Gasteiger partial charge in [0.2, 0.25) is 5.82 Å². The third-order valence-electron chi connectivity index (χ3n) is 2.45. The van der Waals surface area contributed by atoms with E-state index in [9.17, 15) is 0 Å². The quantitative estimate of drug-likeness (QED) is 0.801. The molecule has 0 unspecified atom stereocenters. The van der Waals surface area contributed by atoms with Gasteiger partial charge in [-0.25, -0.2) is 0 Å². The zero-order valence-corrected chi connectivity index (χ0v) is 12.0. The molecular weight excluding hydrogens is 329 g/mol. The van der Waals surface area contributed by atoms with E-state index in [1.165, 1.54) is 0 Å². The monoisotopic (exact) mass is 343 g/mol. The molecule has 0 aliphatic carbocycles. The molecule has 0 atom stereocenters. The van der Waals surface area contributed by atoms with Crippen molar-refractivity contribution in [3.05, 3.63) is 21.5 Å². The van der Waals surface area contributed by atoms with E-state index in [0.717, 1.165) is 34.2 Å². The zero-order chi connectivity index (χ0) is 12.3. The number of aromatic nitrogens is 5. The molecule has 5 nitrogen and oxygen atoms in total. The van der Waals surface area contributed by atoms with E-state index >= 15 is 0 Å². The first-order valence-electron chi connectivity index (χ1n) is 5.61. The third-order valence-corrected chi connectivity index (χ3v) is 3.54. The Morgan fingerprint density at radius 3 is 2.94 bits per heavy atom. The zero-order valence-electron chi connectivity index (χ0n) is 9.89. The van der Waals surface area contributed by atoms with Gasteiger partial charge in [-0.15, -0.1) is 10.2 Å². The van der Waals surface area contributed by atoms with Gasteiger partial charge in [0, 0.05) is 15.3 Å². The Bertz CT molecular complexity index is 508. The lowest BCUT2D eigenvalue weighted by Crippen LogP contribution is -2.02. The van der Waals surface area contributed by atoms with Crippen LogP contribution in [0.5, 0.6) is 0 Å². The van der Waals surface area contributed by atoms with Crippen molar-refractivity contribution in [3.8, 4) is 11.4 Å². The van der Waals surface area contributed by atoms with Gasteiger partial charge in [0.25, 0.3) is 0 Å². The number of halogens is 1. The van der Waals surface area contributed by atoms with E-state index in [1.807, 2.05) is 13.0 Å². The highest BCUT2D eigenvalue weighted by Gasteiger charge is 2.07. The summed E-state index contributed by atoms with van der Waals surface area (Å²) in [7, 11) is 0. The molecule has 0 fully saturated rings. The van der Waals surface area contributed by atoms with Crippen molar-refractivity contribution in [1.29, 1.82) is 0 Å². The van der Waals surface area contributed by atoms with Crippen LogP contribution in [0.15, 0.2) is 12.3 Å². The summed E-state index contributed by atoms with van der Waals surface area (Å²) >= 11 is 2.26. The fourth-order valence-electron chi connectivity index (χ4n) is 1.38. The lowest BCUT2D eigenvalue weighted by molar-refractivity contribution is 0.496. The number of hydrogen-bond acceptors (Lipinski definition) is 4. The molecule has 0 radical (unpaired) electrons. The van der Waals surface area contributed by atoms with Gasteiger partial charge in [-0.1, -0.05) is 13.3 Å². The molecule has 0 bridgehead atoms. The highest BCUT2D eigenvalue weighted by molar-refractivity contribution is 14.1. The lowest BCUT2D eigenvalue weighted by Gasteiger charge is -1.98. The standard InChI is InChI=1S/C11H14IN5/c1-3-4-5-17-15-11(14-16-17)9-6-10(12)8(2)13-7-9/h6-7H,3-5H2,1-2H3. The fourth-order valence-corrected chi connectivity index (χ4v) is 1.86. The van der Waals surface area contributed by atoms with Gasteiger partial charge < -0.3 is 0 Å². The lowest BCUT2D eigenvalue weighted by atomic mass is 10.2. The van der Waals surface area contributed by atoms with Crippen molar-refractivity contribution in [2.24, 2.45) is 0 Å². The van der Waals surface area contributed by atoms with Crippen LogP contribution < -0.4 is 0 Å². The predicted molar refractivity (Wildman–Crippen MR) is 73.4 cm³/mol. The normalized spacial score (nSPS) is 10.8. The smallest absolute Gasteiger partial charge is 0.206 e. The molecule has 90 valence electrons. The summed E-state index contributed by atoms with van der Waals surface area (Å²) in [5.41, 5.74) is 1.94. The molecule has 2 rings (SSSR count). The number of hydrogen-bond donors (Lipinski definition) is 0. The Hall–Kier alpha value is -1.05. The van der Waals surface area contributed by atoms with E-state index < -0.39 is 0 Å². The molecule has 0 amide bonds. The second-order valence-electron chi connectivity index (χ2n) is 3.85. The van der Waals surface area contributed by atoms with Crippen molar-refractivity contribution in [1.82, 2.24) is 25.2 Å². The molecule has 2 aromatic rings. The maximum atomic E-state index is 4.34. The highest BCUT2D eigenvalue weighted by Crippen LogP contribution is 2.17. The number of pyridine rings is 1. The third kappa shape index (κ3) is 2.99. The van der Waals surface area contributed by atoms with Crippen molar-refractivity contribution in [2.75, 3.05) is 0 Å². The van der Waals surface area contributed by atoms with Gasteiger partial charge in [-0.3, -0.25) is 4.98 Å². The van der Waals surface area contributed by atoms with Crippen molar-refractivity contribution >= 4 is 22.6 Å². The summed E-state index contributed by atoms with van der Waals surface area (Å²) in [6, 6.07) is 2.03. The minimum absolute atomic E-state index is 0.645. The van der Waals surface area contributed by atoms with Crippen LogP contribution in [0.25, 0.3) is 11.4 Å². The maximum Gasteiger partial charge on any atom is 0.206 e. The topological polar surface area (TPSA) is 56.5 Å². The summed E-state index contributed by atoms with van der Waals surface area (Å²) in [5, 5.41) is 12.4. The molecule has 0 saturated carbocycles. The number of rotatable bonds is 4. The number of nitrogens with zero attached hydrogens (tertiary/aromatic N) is 5. The van der Waals surface area contributed by atoms with Crippen LogP contribution in [0.3, 0.4) is 0 Å². The molecule has 6 heteroatoms. The first kappa shape index (κ1) is 12.4. The molecule has 0 aliphatic rings. The van der Waals surface area contributed by atoms with Crippen LogP contribution >= 0.6 is 22.6 Å². The highest BCUT2D eigenvalue weighted by atomic mass is 127. The van der Waals surface area contributed by atoms with Gasteiger partial charge in [-0.05, 0) is 47.2 Å². The second kappa shape index (κ2) is 5.52. The molecule has 17 heavy (non-hydrogen) atoms. The van der Waals surface area contributed by atoms with Gasteiger partial charge in [0.05, 0.1) is 12.2 Å². The van der Waals surface area contributed by atoms with Crippen LogP contribution in [-0.2, 0) is 6.54 Å². The Kier molecular flexibility index (Phi) is 4.03. The Labute approximate surface area is 114 Å². The minimum Gasteiger partial charge on any atom is -0.260 e. The Balaban J connectivity index is 2.21. The molecule has 0 aliphatic heterocycles. The van der Waals surface area contributed by atoms with Crippen LogP contribution in [0.2, 0.25) is 0 Å². The maximum absolute atomic E-state index is 4.34. The molecule has 0 saturated heterocycles. The van der Waals surface area contributed by atoms with E-state index in [-0.39, 0.29) is 0 Å². The summed E-state index contributed by atoms with van der Waals surface area (Å²) in [6.45, 7) is 4.95. The molecule has 0 spiro atoms. The van der Waals surface area contributed by atoms with E-state index in [1.54, 1.807) is 11.0 Å². The van der Waals surface area contributed by atoms with E-state index in [4.69, 9.17) is 0 Å². The van der Waals surface area contributed by atoms with Crippen LogP contribution in [0, 0.1) is 10.5 Å². The average molecular weight is 343 g/mol. The predicted octanol–water partition coefficient (Wildman–Crippen LogP) is 2.45. The summed E-state index contributed by atoms with van der Waals surface area (Å²) in [5.74, 6) is 0.645. The summed E-state index contributed by atoms with van der Waals surface area (Å²) < 4.78 is 1.12. The van der Waals surface area contributed by atoms with Gasteiger partial charge in [0.15, 0.2) is 0 Å². The van der Waals surface area contributed by atoms with Crippen molar-refractivity contribution in [3.63, 3.8) is 0 Å². The Morgan fingerprint density at radius 1 is 1.41 bits per heavy atom. The van der Waals surface area contributed by atoms with Gasteiger partial charge >= 0.3 is 0 Å². The number of unbranched alkanes of at least 4 members (excludes halogenated alkanes) is 1. The van der Waals surface area contributed by atoms with Crippen molar-refractivity contribution in [2.45, 2.75) is 33.2 Å². The van der Waals surface area contributed by atoms with Gasteiger partial charge in [-0.2, -0.15) is 4.80 Å².